The Morgan fingerprint density at radius 3 is 2.66 bits per heavy atom. The summed E-state index contributed by atoms with van der Waals surface area (Å²) in [6, 6.07) is 17.8. The fraction of sp³-hybridized carbons (Fsp3) is 0.517. The number of rotatable bonds is 11. The number of carbonyl (C=O) groups is 2. The van der Waals surface area contributed by atoms with Crippen molar-refractivity contribution in [3.8, 4) is 5.75 Å². The van der Waals surface area contributed by atoms with E-state index in [-0.39, 0.29) is 23.2 Å². The molecule has 6 heteroatoms. The average Bonchev–Trinajstić information content (AvgIpc) is 2.84. The molecule has 6 nitrogen and oxygen atoms in total. The van der Waals surface area contributed by atoms with Crippen molar-refractivity contribution in [2.75, 3.05) is 32.8 Å². The van der Waals surface area contributed by atoms with E-state index >= 15 is 0 Å². The summed E-state index contributed by atoms with van der Waals surface area (Å²) in [7, 11) is 0. The molecule has 2 aromatic rings. The maximum absolute atomic E-state index is 13.2. The number of carbonyl (C=O) groups excluding carboxylic acids is 2. The van der Waals surface area contributed by atoms with Gasteiger partial charge in [0.1, 0.15) is 5.75 Å². The number of esters is 1. The molecule has 3 rings (SSSR count). The van der Waals surface area contributed by atoms with Crippen molar-refractivity contribution >= 4 is 11.9 Å². The summed E-state index contributed by atoms with van der Waals surface area (Å²) in [5.41, 5.74) is 2.30. The zero-order chi connectivity index (χ0) is 25.3. The molecule has 35 heavy (non-hydrogen) atoms. The summed E-state index contributed by atoms with van der Waals surface area (Å²) in [6.45, 7) is 9.67. The van der Waals surface area contributed by atoms with E-state index in [4.69, 9.17) is 4.74 Å². The molecule has 2 N–H and O–H groups in total. The van der Waals surface area contributed by atoms with Gasteiger partial charge < -0.3 is 20.1 Å². The lowest BCUT2D eigenvalue weighted by molar-refractivity contribution is -0.143. The first-order chi connectivity index (χ1) is 16.8. The van der Waals surface area contributed by atoms with Gasteiger partial charge in [0, 0.05) is 26.1 Å². The normalized spacial score (nSPS) is 21.3. The van der Waals surface area contributed by atoms with E-state index in [1.807, 2.05) is 30.3 Å². The molecule has 0 saturated carbocycles. The van der Waals surface area contributed by atoms with Gasteiger partial charge in [-0.15, -0.1) is 0 Å². The van der Waals surface area contributed by atoms with Crippen molar-refractivity contribution in [3.63, 3.8) is 0 Å². The summed E-state index contributed by atoms with van der Waals surface area (Å²) in [5.74, 6) is 0.327. The molecule has 3 unspecified atom stereocenters. The molecule has 1 aliphatic rings. The number of hydrogen-bond donors (Lipinski definition) is 2. The number of benzene rings is 2. The first kappa shape index (κ1) is 26.7. The highest BCUT2D eigenvalue weighted by atomic mass is 16.5. The molecule has 0 spiro atoms. The molecular weight excluding hydrogens is 440 g/mol. The van der Waals surface area contributed by atoms with E-state index < -0.39 is 0 Å². The Morgan fingerprint density at radius 2 is 1.97 bits per heavy atom. The standard InChI is InChI=1S/C29H40N2O4/c1-4-35-27(33)14-9-16-30-28(34)24(18-23-10-6-5-7-11-23)21-31-17-15-29(3,22(2)20-31)25-12-8-13-26(32)19-25/h5-8,10-13,19,22,24,32H,4,9,14-18,20-21H2,1-3H3,(H,30,34). The van der Waals surface area contributed by atoms with Crippen molar-refractivity contribution in [3.05, 3.63) is 65.7 Å². The molecule has 1 saturated heterocycles. The van der Waals surface area contributed by atoms with Gasteiger partial charge in [-0.25, -0.2) is 0 Å². The minimum Gasteiger partial charge on any atom is -0.508 e. The second-order valence-electron chi connectivity index (χ2n) is 9.96. The fourth-order valence-electron chi connectivity index (χ4n) is 5.04. The zero-order valence-electron chi connectivity index (χ0n) is 21.3. The van der Waals surface area contributed by atoms with Crippen molar-refractivity contribution < 1.29 is 19.4 Å². The third-order valence-corrected chi connectivity index (χ3v) is 7.41. The van der Waals surface area contributed by atoms with Crippen LogP contribution in [0.25, 0.3) is 0 Å². The quantitative estimate of drug-likeness (QED) is 0.370. The van der Waals surface area contributed by atoms with Gasteiger partial charge in [0.2, 0.25) is 5.91 Å². The Bertz CT molecular complexity index is 964. The highest BCUT2D eigenvalue weighted by molar-refractivity contribution is 5.79. The smallest absolute Gasteiger partial charge is 0.305 e. The van der Waals surface area contributed by atoms with Gasteiger partial charge in [-0.2, -0.15) is 0 Å². The first-order valence-electron chi connectivity index (χ1n) is 12.8. The minimum atomic E-state index is -0.223. The van der Waals surface area contributed by atoms with E-state index in [1.54, 1.807) is 13.0 Å². The Balaban J connectivity index is 1.62. The molecular formula is C29H40N2O4. The third-order valence-electron chi connectivity index (χ3n) is 7.41. The highest BCUT2D eigenvalue weighted by Crippen LogP contribution is 2.40. The van der Waals surface area contributed by atoms with Gasteiger partial charge >= 0.3 is 5.97 Å². The van der Waals surface area contributed by atoms with Gasteiger partial charge in [-0.3, -0.25) is 9.59 Å². The van der Waals surface area contributed by atoms with E-state index in [0.29, 0.717) is 50.6 Å². The maximum Gasteiger partial charge on any atom is 0.305 e. The molecule has 190 valence electrons. The number of nitrogens with zero attached hydrogens (tertiary/aromatic N) is 1. The topological polar surface area (TPSA) is 78.9 Å². The molecule has 3 atom stereocenters. The number of phenols is 1. The van der Waals surface area contributed by atoms with Crippen molar-refractivity contribution in [2.24, 2.45) is 11.8 Å². The van der Waals surface area contributed by atoms with Crippen LogP contribution in [0.15, 0.2) is 54.6 Å². The van der Waals surface area contributed by atoms with Crippen LogP contribution >= 0.6 is 0 Å². The Labute approximate surface area is 209 Å². The second-order valence-corrected chi connectivity index (χ2v) is 9.96. The molecule has 2 aromatic carbocycles. The molecule has 0 aromatic heterocycles. The largest absolute Gasteiger partial charge is 0.508 e. The molecule has 0 aliphatic carbocycles. The molecule has 1 aliphatic heterocycles. The summed E-state index contributed by atoms with van der Waals surface area (Å²) in [5, 5.41) is 13.0. The molecule has 1 heterocycles. The van der Waals surface area contributed by atoms with Crippen molar-refractivity contribution in [1.82, 2.24) is 10.2 Å². The highest BCUT2D eigenvalue weighted by Gasteiger charge is 2.39. The maximum atomic E-state index is 13.2. The number of amides is 1. The van der Waals surface area contributed by atoms with Crippen LogP contribution in [0.2, 0.25) is 0 Å². The van der Waals surface area contributed by atoms with Crippen LogP contribution in [0, 0.1) is 11.8 Å². The van der Waals surface area contributed by atoms with Crippen LogP contribution in [-0.2, 0) is 26.2 Å². The summed E-state index contributed by atoms with van der Waals surface area (Å²) in [4.78, 5) is 27.2. The summed E-state index contributed by atoms with van der Waals surface area (Å²) in [6.07, 6.45) is 2.54. The van der Waals surface area contributed by atoms with Gasteiger partial charge in [-0.1, -0.05) is 56.3 Å². The van der Waals surface area contributed by atoms with E-state index in [2.05, 4.69) is 42.3 Å². The fourth-order valence-corrected chi connectivity index (χ4v) is 5.04. The van der Waals surface area contributed by atoms with Crippen LogP contribution in [-0.4, -0.2) is 54.7 Å². The summed E-state index contributed by atoms with van der Waals surface area (Å²) < 4.78 is 4.97. The predicted molar refractivity (Wildman–Crippen MR) is 138 cm³/mol. The lowest BCUT2D eigenvalue weighted by Gasteiger charge is -2.45. The molecule has 1 fully saturated rings. The second kappa shape index (κ2) is 12.7. The van der Waals surface area contributed by atoms with Crippen molar-refractivity contribution in [1.29, 1.82) is 0 Å². The van der Waals surface area contributed by atoms with Crippen molar-refractivity contribution in [2.45, 2.75) is 51.9 Å². The SMILES string of the molecule is CCOC(=O)CCCNC(=O)C(Cc1ccccc1)CN1CCC(C)(c2cccc(O)c2)C(C)C1. The number of piperidine rings is 1. The number of aromatic hydroxyl groups is 1. The monoisotopic (exact) mass is 480 g/mol. The predicted octanol–water partition coefficient (Wildman–Crippen LogP) is 4.31. The Kier molecular flexibility index (Phi) is 9.73. The minimum absolute atomic E-state index is 0.0144. The van der Waals surface area contributed by atoms with Gasteiger partial charge in [0.05, 0.1) is 12.5 Å². The van der Waals surface area contributed by atoms with Crippen LogP contribution < -0.4 is 5.32 Å². The Hall–Kier alpha value is -2.86. The average molecular weight is 481 g/mol. The number of hydrogen-bond acceptors (Lipinski definition) is 5. The molecule has 0 radical (unpaired) electrons. The van der Waals surface area contributed by atoms with E-state index in [1.165, 1.54) is 5.56 Å². The Morgan fingerprint density at radius 1 is 1.20 bits per heavy atom. The van der Waals surface area contributed by atoms with Crippen LogP contribution in [0.5, 0.6) is 5.75 Å². The van der Waals surface area contributed by atoms with Gasteiger partial charge in [0.15, 0.2) is 0 Å². The van der Waals surface area contributed by atoms with Crippen LogP contribution in [0.3, 0.4) is 0 Å². The first-order valence-corrected chi connectivity index (χ1v) is 12.8. The van der Waals surface area contributed by atoms with Crippen LogP contribution in [0.1, 0.15) is 51.2 Å². The summed E-state index contributed by atoms with van der Waals surface area (Å²) >= 11 is 0. The zero-order valence-corrected chi connectivity index (χ0v) is 21.3. The lowest BCUT2D eigenvalue weighted by Crippen LogP contribution is -2.50. The van der Waals surface area contributed by atoms with E-state index in [9.17, 15) is 14.7 Å². The van der Waals surface area contributed by atoms with Gasteiger partial charge in [0.25, 0.3) is 0 Å². The lowest BCUT2D eigenvalue weighted by atomic mass is 9.68. The van der Waals surface area contributed by atoms with Gasteiger partial charge in [-0.05, 0) is 67.3 Å². The van der Waals surface area contributed by atoms with Crippen LogP contribution in [0.4, 0.5) is 0 Å². The molecule has 1 amide bonds. The third kappa shape index (κ3) is 7.56. The number of likely N-dealkylation sites (tertiary alicyclic amines) is 1. The number of ether oxygens (including phenoxy) is 1. The number of nitrogens with one attached hydrogen (secondary N) is 1. The van der Waals surface area contributed by atoms with E-state index in [0.717, 1.165) is 25.1 Å². The molecule has 0 bridgehead atoms. The number of phenolic OH excluding ortho intramolecular Hbond substituents is 1.